The van der Waals surface area contributed by atoms with Crippen LogP contribution in [-0.2, 0) is 11.2 Å². The van der Waals surface area contributed by atoms with E-state index in [1.807, 2.05) is 13.0 Å². The molecule has 6 nitrogen and oxygen atoms in total. The molecule has 21 heavy (non-hydrogen) atoms. The number of rotatable bonds is 4. The van der Waals surface area contributed by atoms with Crippen molar-refractivity contribution in [1.82, 2.24) is 4.98 Å². The third-order valence-corrected chi connectivity index (χ3v) is 3.00. The Bertz CT molecular complexity index is 666. The van der Waals surface area contributed by atoms with E-state index in [0.29, 0.717) is 11.3 Å². The highest BCUT2D eigenvalue weighted by molar-refractivity contribution is 5.97. The molecule has 0 atom stereocenters. The summed E-state index contributed by atoms with van der Waals surface area (Å²) in [4.78, 5) is 16.1. The van der Waals surface area contributed by atoms with Crippen LogP contribution in [0.4, 0.5) is 5.69 Å². The van der Waals surface area contributed by atoms with Crippen molar-refractivity contribution in [1.29, 1.82) is 0 Å². The third-order valence-electron chi connectivity index (χ3n) is 3.00. The molecule has 0 fully saturated rings. The van der Waals surface area contributed by atoms with Crippen LogP contribution in [0.25, 0.3) is 0 Å². The lowest BCUT2D eigenvalue weighted by Gasteiger charge is -2.07. The van der Waals surface area contributed by atoms with Gasteiger partial charge in [-0.15, -0.1) is 0 Å². The molecule has 4 N–H and O–H groups in total. The summed E-state index contributed by atoms with van der Waals surface area (Å²) in [6.07, 6.45) is 1.92. The number of carbonyl (C=O) groups is 1. The van der Waals surface area contributed by atoms with Crippen LogP contribution in [0.5, 0.6) is 0 Å². The fourth-order valence-corrected chi connectivity index (χ4v) is 1.85. The standard InChI is InChI=1S/C15H16N4O2/c1-10-13(3-2-8-17-10)18-14(20)9-11-4-6-12(7-5-11)15(16)19-21/h2-8,21H,9H2,1H3,(H2,16,19)(H,18,20). The number of nitrogens with one attached hydrogen (secondary N) is 1. The lowest BCUT2D eigenvalue weighted by atomic mass is 10.1. The Morgan fingerprint density at radius 1 is 1.33 bits per heavy atom. The van der Waals surface area contributed by atoms with Crippen LogP contribution in [0, 0.1) is 6.92 Å². The second-order valence-electron chi connectivity index (χ2n) is 4.54. The highest BCUT2D eigenvalue weighted by Gasteiger charge is 2.07. The minimum absolute atomic E-state index is 0.0389. The first kappa shape index (κ1) is 14.5. The van der Waals surface area contributed by atoms with E-state index in [4.69, 9.17) is 10.9 Å². The van der Waals surface area contributed by atoms with Crippen molar-refractivity contribution in [2.75, 3.05) is 5.32 Å². The van der Waals surface area contributed by atoms with Crippen molar-refractivity contribution in [2.24, 2.45) is 10.9 Å². The first-order valence-corrected chi connectivity index (χ1v) is 6.38. The molecule has 1 aromatic carbocycles. The Morgan fingerprint density at radius 3 is 2.67 bits per heavy atom. The number of benzene rings is 1. The summed E-state index contributed by atoms with van der Waals surface area (Å²) < 4.78 is 0. The Hall–Kier alpha value is -2.89. The molecule has 108 valence electrons. The zero-order chi connectivity index (χ0) is 15.2. The zero-order valence-corrected chi connectivity index (χ0v) is 11.6. The summed E-state index contributed by atoms with van der Waals surface area (Å²) in [6.45, 7) is 1.83. The number of anilines is 1. The molecule has 2 rings (SSSR count). The molecule has 0 saturated heterocycles. The number of amides is 1. The van der Waals surface area contributed by atoms with Gasteiger partial charge in [0.1, 0.15) is 0 Å². The van der Waals surface area contributed by atoms with E-state index >= 15 is 0 Å². The third kappa shape index (κ3) is 3.79. The van der Waals surface area contributed by atoms with Gasteiger partial charge in [0, 0.05) is 11.8 Å². The van der Waals surface area contributed by atoms with E-state index in [9.17, 15) is 4.79 Å². The molecule has 6 heteroatoms. The van der Waals surface area contributed by atoms with Gasteiger partial charge in [0.15, 0.2) is 5.84 Å². The van der Waals surface area contributed by atoms with Crippen molar-refractivity contribution in [3.05, 3.63) is 59.4 Å². The summed E-state index contributed by atoms with van der Waals surface area (Å²) in [5.74, 6) is -0.0837. The van der Waals surface area contributed by atoms with Gasteiger partial charge >= 0.3 is 0 Å². The number of carbonyl (C=O) groups excluding carboxylic acids is 1. The Kier molecular flexibility index (Phi) is 4.50. The monoisotopic (exact) mass is 284 g/mol. The summed E-state index contributed by atoms with van der Waals surface area (Å²) >= 11 is 0. The minimum atomic E-state index is -0.123. The molecule has 0 aliphatic rings. The van der Waals surface area contributed by atoms with Crippen LogP contribution in [0.3, 0.4) is 0 Å². The van der Waals surface area contributed by atoms with Gasteiger partial charge in [-0.05, 0) is 24.6 Å². The number of pyridine rings is 1. The molecule has 1 aromatic heterocycles. The second kappa shape index (κ2) is 6.51. The van der Waals surface area contributed by atoms with E-state index in [1.54, 1.807) is 36.5 Å². The molecule has 0 spiro atoms. The molecule has 0 saturated carbocycles. The number of hydrogen-bond acceptors (Lipinski definition) is 4. The second-order valence-corrected chi connectivity index (χ2v) is 4.54. The van der Waals surface area contributed by atoms with Gasteiger partial charge in [0.2, 0.25) is 5.91 Å². The summed E-state index contributed by atoms with van der Waals surface area (Å²) in [6, 6.07) is 10.5. The summed E-state index contributed by atoms with van der Waals surface area (Å²) in [5.41, 5.74) is 8.39. The van der Waals surface area contributed by atoms with Crippen LogP contribution < -0.4 is 11.1 Å². The normalized spacial score (nSPS) is 11.2. The van der Waals surface area contributed by atoms with Crippen LogP contribution >= 0.6 is 0 Å². The van der Waals surface area contributed by atoms with E-state index in [1.165, 1.54) is 0 Å². The molecule has 0 radical (unpaired) electrons. The molecule has 1 amide bonds. The number of aryl methyl sites for hydroxylation is 1. The topological polar surface area (TPSA) is 101 Å². The van der Waals surface area contributed by atoms with Gasteiger partial charge in [-0.3, -0.25) is 9.78 Å². The lowest BCUT2D eigenvalue weighted by Crippen LogP contribution is -2.16. The number of oxime groups is 1. The molecular formula is C15H16N4O2. The van der Waals surface area contributed by atoms with Gasteiger partial charge in [-0.25, -0.2) is 0 Å². The van der Waals surface area contributed by atoms with Crippen LogP contribution in [0.15, 0.2) is 47.8 Å². The molecule has 0 unspecified atom stereocenters. The molecular weight excluding hydrogens is 268 g/mol. The quantitative estimate of drug-likeness (QED) is 0.344. The lowest BCUT2D eigenvalue weighted by molar-refractivity contribution is -0.115. The number of aromatic nitrogens is 1. The predicted octanol–water partition coefficient (Wildman–Crippen LogP) is 1.67. The van der Waals surface area contributed by atoms with Gasteiger partial charge in [-0.1, -0.05) is 29.4 Å². The molecule has 1 heterocycles. The van der Waals surface area contributed by atoms with Gasteiger partial charge in [0.25, 0.3) is 0 Å². The first-order chi connectivity index (χ1) is 10.1. The van der Waals surface area contributed by atoms with Crippen LogP contribution in [0.2, 0.25) is 0 Å². The molecule has 0 aliphatic carbocycles. The maximum Gasteiger partial charge on any atom is 0.228 e. The zero-order valence-electron chi connectivity index (χ0n) is 11.6. The van der Waals surface area contributed by atoms with E-state index < -0.39 is 0 Å². The van der Waals surface area contributed by atoms with E-state index in [0.717, 1.165) is 11.3 Å². The predicted molar refractivity (Wildman–Crippen MR) is 80.3 cm³/mol. The fraction of sp³-hybridized carbons (Fsp3) is 0.133. The van der Waals surface area contributed by atoms with Crippen molar-refractivity contribution in [2.45, 2.75) is 13.3 Å². The number of hydrogen-bond donors (Lipinski definition) is 3. The number of nitrogens with zero attached hydrogens (tertiary/aromatic N) is 2. The van der Waals surface area contributed by atoms with E-state index in [-0.39, 0.29) is 18.2 Å². The Morgan fingerprint density at radius 2 is 2.05 bits per heavy atom. The maximum atomic E-state index is 12.0. The Balaban J connectivity index is 2.02. The highest BCUT2D eigenvalue weighted by Crippen LogP contribution is 2.11. The average molecular weight is 284 g/mol. The van der Waals surface area contributed by atoms with Gasteiger partial charge in [0.05, 0.1) is 17.8 Å². The summed E-state index contributed by atoms with van der Waals surface area (Å²) in [5, 5.41) is 14.3. The minimum Gasteiger partial charge on any atom is -0.409 e. The molecule has 2 aromatic rings. The van der Waals surface area contributed by atoms with Crippen molar-refractivity contribution in [3.8, 4) is 0 Å². The molecule has 0 bridgehead atoms. The van der Waals surface area contributed by atoms with Crippen molar-refractivity contribution in [3.63, 3.8) is 0 Å². The SMILES string of the molecule is Cc1ncccc1NC(=O)Cc1ccc(C(N)=NO)cc1. The van der Waals surface area contributed by atoms with Gasteiger partial charge < -0.3 is 16.3 Å². The Labute approximate surface area is 122 Å². The van der Waals surface area contributed by atoms with Crippen LogP contribution in [-0.4, -0.2) is 21.9 Å². The van der Waals surface area contributed by atoms with E-state index in [2.05, 4.69) is 15.5 Å². The maximum absolute atomic E-state index is 12.0. The van der Waals surface area contributed by atoms with Crippen LogP contribution in [0.1, 0.15) is 16.8 Å². The first-order valence-electron chi connectivity index (χ1n) is 6.38. The smallest absolute Gasteiger partial charge is 0.228 e. The largest absolute Gasteiger partial charge is 0.409 e. The molecule has 0 aliphatic heterocycles. The van der Waals surface area contributed by atoms with Crippen molar-refractivity contribution < 1.29 is 10.0 Å². The van der Waals surface area contributed by atoms with Gasteiger partial charge in [-0.2, -0.15) is 0 Å². The average Bonchev–Trinajstić information content (AvgIpc) is 2.49. The number of amidine groups is 1. The summed E-state index contributed by atoms with van der Waals surface area (Å²) in [7, 11) is 0. The highest BCUT2D eigenvalue weighted by atomic mass is 16.4. The fourth-order valence-electron chi connectivity index (χ4n) is 1.85. The van der Waals surface area contributed by atoms with Crippen molar-refractivity contribution >= 4 is 17.4 Å². The number of nitrogens with two attached hydrogens (primary N) is 1.